The minimum Gasteiger partial charge on any atom is -0.487 e. The number of carbonyl (C=O) groups is 1. The van der Waals surface area contributed by atoms with Crippen molar-refractivity contribution in [1.82, 2.24) is 0 Å². The number of hydrogen-bond acceptors (Lipinski definition) is 3. The Balaban J connectivity index is 3.12. The molecular formula is C6H5ClO3S. The fourth-order valence-electron chi connectivity index (χ4n) is 0.646. The van der Waals surface area contributed by atoms with Crippen molar-refractivity contribution in [3.8, 4) is 5.06 Å². The van der Waals surface area contributed by atoms with E-state index < -0.39 is 5.97 Å². The van der Waals surface area contributed by atoms with Crippen LogP contribution in [0.3, 0.4) is 0 Å². The Labute approximate surface area is 72.2 Å². The third kappa shape index (κ3) is 1.64. The number of carboxylic acids is 1. The number of rotatable bonds is 2. The van der Waals surface area contributed by atoms with Gasteiger partial charge in [-0.3, -0.25) is 0 Å². The van der Waals surface area contributed by atoms with Gasteiger partial charge >= 0.3 is 5.97 Å². The largest absolute Gasteiger partial charge is 0.487 e. The Kier molecular flexibility index (Phi) is 2.36. The predicted octanol–water partition coefficient (Wildman–Crippen LogP) is 2.11. The lowest BCUT2D eigenvalue weighted by Gasteiger charge is -1.94. The van der Waals surface area contributed by atoms with E-state index in [0.29, 0.717) is 9.40 Å². The number of ether oxygens (including phenoxy) is 1. The molecule has 0 atom stereocenters. The van der Waals surface area contributed by atoms with Crippen LogP contribution in [0, 0.1) is 0 Å². The topological polar surface area (TPSA) is 46.5 Å². The van der Waals surface area contributed by atoms with Crippen LogP contribution in [-0.2, 0) is 0 Å². The third-order valence-corrected chi connectivity index (χ3v) is 2.31. The molecule has 0 spiro atoms. The van der Waals surface area contributed by atoms with Gasteiger partial charge in [-0.2, -0.15) is 0 Å². The molecule has 0 aliphatic carbocycles. The molecule has 0 amide bonds. The summed E-state index contributed by atoms with van der Waals surface area (Å²) < 4.78 is 5.20. The highest BCUT2D eigenvalue weighted by atomic mass is 35.5. The van der Waals surface area contributed by atoms with E-state index >= 15 is 0 Å². The van der Waals surface area contributed by atoms with E-state index in [1.165, 1.54) is 13.2 Å². The highest BCUT2D eigenvalue weighted by Gasteiger charge is 2.14. The zero-order chi connectivity index (χ0) is 8.43. The van der Waals surface area contributed by atoms with Crippen molar-refractivity contribution in [1.29, 1.82) is 0 Å². The summed E-state index contributed by atoms with van der Waals surface area (Å²) in [6.45, 7) is 0. The highest BCUT2D eigenvalue weighted by Crippen LogP contribution is 2.33. The van der Waals surface area contributed by atoms with Crippen LogP contribution in [0.15, 0.2) is 6.07 Å². The zero-order valence-electron chi connectivity index (χ0n) is 5.63. The van der Waals surface area contributed by atoms with Crippen LogP contribution in [-0.4, -0.2) is 18.2 Å². The van der Waals surface area contributed by atoms with E-state index in [1.807, 2.05) is 0 Å². The van der Waals surface area contributed by atoms with E-state index in [-0.39, 0.29) is 5.56 Å². The minimum absolute atomic E-state index is 0.113. The molecule has 5 heteroatoms. The summed E-state index contributed by atoms with van der Waals surface area (Å²) in [6, 6.07) is 1.37. The number of halogens is 1. The van der Waals surface area contributed by atoms with Gasteiger partial charge in [0.25, 0.3) is 0 Å². The maximum Gasteiger partial charge on any atom is 0.340 e. The van der Waals surface area contributed by atoms with Gasteiger partial charge in [0.2, 0.25) is 0 Å². The lowest BCUT2D eigenvalue weighted by atomic mass is 10.3. The zero-order valence-corrected chi connectivity index (χ0v) is 7.20. The second-order valence-corrected chi connectivity index (χ2v) is 3.41. The maximum atomic E-state index is 10.5. The van der Waals surface area contributed by atoms with Crippen LogP contribution >= 0.6 is 22.9 Å². The second kappa shape index (κ2) is 3.11. The molecule has 0 aliphatic rings. The van der Waals surface area contributed by atoms with Gasteiger partial charge in [-0.05, 0) is 6.07 Å². The van der Waals surface area contributed by atoms with E-state index in [0.717, 1.165) is 11.3 Å². The molecule has 0 unspecified atom stereocenters. The van der Waals surface area contributed by atoms with Crippen LogP contribution in [0.4, 0.5) is 0 Å². The summed E-state index contributed by atoms with van der Waals surface area (Å²) in [4.78, 5) is 10.5. The Morgan fingerprint density at radius 1 is 1.82 bits per heavy atom. The molecule has 3 nitrogen and oxygen atoms in total. The summed E-state index contributed by atoms with van der Waals surface area (Å²) >= 11 is 6.67. The molecule has 0 saturated heterocycles. The normalized spacial score (nSPS) is 9.64. The first-order valence-corrected chi connectivity index (χ1v) is 3.91. The molecule has 0 fully saturated rings. The predicted molar refractivity (Wildman–Crippen MR) is 42.8 cm³/mol. The van der Waals surface area contributed by atoms with Crippen molar-refractivity contribution in [2.45, 2.75) is 0 Å². The van der Waals surface area contributed by atoms with Gasteiger partial charge in [0.1, 0.15) is 5.56 Å². The molecule has 1 rings (SSSR count). The SMILES string of the molecule is COc1sc(Cl)cc1C(=O)O. The fraction of sp³-hybridized carbons (Fsp3) is 0.167. The quantitative estimate of drug-likeness (QED) is 0.781. The van der Waals surface area contributed by atoms with Crippen molar-refractivity contribution >= 4 is 28.9 Å². The Morgan fingerprint density at radius 3 is 2.82 bits per heavy atom. The first-order chi connectivity index (χ1) is 5.15. The Morgan fingerprint density at radius 2 is 2.45 bits per heavy atom. The Bertz CT molecular complexity index is 281. The van der Waals surface area contributed by atoms with Crippen molar-refractivity contribution in [3.63, 3.8) is 0 Å². The van der Waals surface area contributed by atoms with Crippen molar-refractivity contribution in [2.24, 2.45) is 0 Å². The second-order valence-electron chi connectivity index (χ2n) is 1.76. The van der Waals surface area contributed by atoms with E-state index in [4.69, 9.17) is 21.4 Å². The van der Waals surface area contributed by atoms with Crippen LogP contribution < -0.4 is 4.74 Å². The molecule has 0 aromatic carbocycles. The van der Waals surface area contributed by atoms with Crippen molar-refractivity contribution in [2.75, 3.05) is 7.11 Å². The first-order valence-electron chi connectivity index (χ1n) is 2.71. The standard InChI is InChI=1S/C6H5ClO3S/c1-10-6-3(5(8)9)2-4(7)11-6/h2H,1H3,(H,8,9). The molecule has 0 saturated carbocycles. The first kappa shape index (κ1) is 8.36. The van der Waals surface area contributed by atoms with Crippen molar-refractivity contribution < 1.29 is 14.6 Å². The van der Waals surface area contributed by atoms with Crippen LogP contribution in [0.2, 0.25) is 4.34 Å². The fourth-order valence-corrected chi connectivity index (χ4v) is 1.66. The summed E-state index contributed by atoms with van der Waals surface area (Å²) in [6.07, 6.45) is 0. The van der Waals surface area contributed by atoms with Crippen molar-refractivity contribution in [3.05, 3.63) is 16.0 Å². The maximum absolute atomic E-state index is 10.5. The minimum atomic E-state index is -1.02. The average molecular weight is 193 g/mol. The Hall–Kier alpha value is -0.740. The van der Waals surface area contributed by atoms with Crippen LogP contribution in [0.25, 0.3) is 0 Å². The lowest BCUT2D eigenvalue weighted by molar-refractivity contribution is 0.0694. The summed E-state index contributed by atoms with van der Waals surface area (Å²) in [5.41, 5.74) is 0.113. The number of thiophene rings is 1. The number of carboxylic acid groups (broad SMARTS) is 1. The molecule has 0 aliphatic heterocycles. The summed E-state index contributed by atoms with van der Waals surface area (Å²) in [7, 11) is 1.41. The van der Waals surface area contributed by atoms with E-state index in [9.17, 15) is 4.79 Å². The summed E-state index contributed by atoms with van der Waals surface area (Å²) in [5, 5.41) is 8.91. The molecule has 1 aromatic heterocycles. The van der Waals surface area contributed by atoms with Crippen LogP contribution in [0.1, 0.15) is 10.4 Å². The lowest BCUT2D eigenvalue weighted by Crippen LogP contribution is -1.95. The number of methoxy groups -OCH3 is 1. The smallest absolute Gasteiger partial charge is 0.340 e. The monoisotopic (exact) mass is 192 g/mol. The third-order valence-electron chi connectivity index (χ3n) is 1.08. The van der Waals surface area contributed by atoms with Gasteiger partial charge in [0, 0.05) is 0 Å². The molecule has 11 heavy (non-hydrogen) atoms. The van der Waals surface area contributed by atoms with Crippen LogP contribution in [0.5, 0.6) is 5.06 Å². The molecular weight excluding hydrogens is 188 g/mol. The van der Waals surface area contributed by atoms with Gasteiger partial charge in [-0.1, -0.05) is 22.9 Å². The van der Waals surface area contributed by atoms with E-state index in [2.05, 4.69) is 0 Å². The van der Waals surface area contributed by atoms with Gasteiger partial charge in [-0.25, -0.2) is 4.79 Å². The van der Waals surface area contributed by atoms with Gasteiger partial charge in [0.05, 0.1) is 11.4 Å². The molecule has 1 heterocycles. The average Bonchev–Trinajstić information content (AvgIpc) is 2.30. The molecule has 0 bridgehead atoms. The molecule has 1 N–H and O–H groups in total. The van der Waals surface area contributed by atoms with Gasteiger partial charge in [-0.15, -0.1) is 0 Å². The van der Waals surface area contributed by atoms with Gasteiger partial charge in [0.15, 0.2) is 5.06 Å². The van der Waals surface area contributed by atoms with E-state index in [1.54, 1.807) is 0 Å². The highest BCUT2D eigenvalue weighted by molar-refractivity contribution is 7.18. The molecule has 1 aromatic rings. The molecule has 0 radical (unpaired) electrons. The van der Waals surface area contributed by atoms with Gasteiger partial charge < -0.3 is 9.84 Å². The number of hydrogen-bond donors (Lipinski definition) is 1. The number of aromatic carboxylic acids is 1. The summed E-state index contributed by atoms with van der Waals surface area (Å²) in [5.74, 6) is -1.02. The molecule has 60 valence electrons.